The molecule has 1 fully saturated rings. The molecule has 1 aliphatic rings. The van der Waals surface area contributed by atoms with E-state index in [0.29, 0.717) is 30.6 Å². The minimum atomic E-state index is -3.57. The van der Waals surface area contributed by atoms with Gasteiger partial charge in [-0.1, -0.05) is 13.8 Å². The predicted molar refractivity (Wildman–Crippen MR) is 108 cm³/mol. The fourth-order valence-corrected chi connectivity index (χ4v) is 5.20. The van der Waals surface area contributed by atoms with Crippen LogP contribution in [0.15, 0.2) is 52.0 Å². The van der Waals surface area contributed by atoms with Crippen molar-refractivity contribution in [2.24, 2.45) is 11.8 Å². The van der Waals surface area contributed by atoms with Gasteiger partial charge in [0.25, 0.3) is 5.91 Å². The van der Waals surface area contributed by atoms with Crippen LogP contribution in [0.1, 0.15) is 30.8 Å². The van der Waals surface area contributed by atoms with Gasteiger partial charge in [-0.15, -0.1) is 0 Å². The molecule has 0 radical (unpaired) electrons. The molecule has 8 nitrogen and oxygen atoms in total. The van der Waals surface area contributed by atoms with E-state index in [0.717, 1.165) is 6.42 Å². The van der Waals surface area contributed by atoms with Gasteiger partial charge < -0.3 is 15.1 Å². The smallest absolute Gasteiger partial charge is 0.287 e. The van der Waals surface area contributed by atoms with E-state index in [2.05, 4.69) is 24.5 Å². The lowest BCUT2D eigenvalue weighted by Crippen LogP contribution is -2.42. The standard InChI is InChI=1S/C20H25N3O5S/c1-14-10-15(2)13-23(12-14)29(26,27)17-7-5-16(6-8-17)22-19(24)11-21-20(25)18-4-3-9-28-18/h3-9,14-15H,10-13H2,1-2H3,(H,21,25)(H,22,24). The number of amides is 2. The van der Waals surface area contributed by atoms with Gasteiger partial charge in [0.2, 0.25) is 15.9 Å². The third kappa shape index (κ3) is 5.24. The molecule has 2 N–H and O–H groups in total. The summed E-state index contributed by atoms with van der Waals surface area (Å²) >= 11 is 0. The molecule has 0 saturated carbocycles. The Balaban J connectivity index is 1.58. The van der Waals surface area contributed by atoms with Crippen molar-refractivity contribution in [2.45, 2.75) is 25.2 Å². The Labute approximate surface area is 170 Å². The van der Waals surface area contributed by atoms with E-state index in [4.69, 9.17) is 4.42 Å². The maximum absolute atomic E-state index is 12.9. The third-order valence-electron chi connectivity index (χ3n) is 4.77. The number of rotatable bonds is 6. The zero-order chi connectivity index (χ0) is 21.0. The largest absolute Gasteiger partial charge is 0.459 e. The average molecular weight is 420 g/mol. The minimum Gasteiger partial charge on any atom is -0.459 e. The lowest BCUT2D eigenvalue weighted by molar-refractivity contribution is -0.115. The molecule has 2 aromatic rings. The quantitative estimate of drug-likeness (QED) is 0.747. The molecule has 0 bridgehead atoms. The van der Waals surface area contributed by atoms with Crippen molar-refractivity contribution in [1.82, 2.24) is 9.62 Å². The van der Waals surface area contributed by atoms with Crippen molar-refractivity contribution in [2.75, 3.05) is 25.0 Å². The number of benzene rings is 1. The third-order valence-corrected chi connectivity index (χ3v) is 6.61. The Morgan fingerprint density at radius 2 is 1.76 bits per heavy atom. The van der Waals surface area contributed by atoms with Gasteiger partial charge >= 0.3 is 0 Å². The van der Waals surface area contributed by atoms with E-state index in [1.54, 1.807) is 6.07 Å². The zero-order valence-corrected chi connectivity index (χ0v) is 17.2. The Morgan fingerprint density at radius 1 is 1.10 bits per heavy atom. The summed E-state index contributed by atoms with van der Waals surface area (Å²) in [5, 5.41) is 5.07. The lowest BCUT2D eigenvalue weighted by Gasteiger charge is -2.34. The van der Waals surface area contributed by atoms with E-state index in [1.807, 2.05) is 0 Å². The Hall–Kier alpha value is -2.65. The monoisotopic (exact) mass is 419 g/mol. The summed E-state index contributed by atoms with van der Waals surface area (Å²) in [5.74, 6) is -0.156. The van der Waals surface area contributed by atoms with Crippen LogP contribution in [0.3, 0.4) is 0 Å². The second kappa shape index (κ2) is 8.79. The molecule has 2 atom stereocenters. The first kappa shape index (κ1) is 21.1. The van der Waals surface area contributed by atoms with Crippen molar-refractivity contribution in [1.29, 1.82) is 0 Å². The Bertz CT molecular complexity index is 945. The number of anilines is 1. The molecule has 0 spiro atoms. The van der Waals surface area contributed by atoms with Crippen LogP contribution in [-0.4, -0.2) is 44.2 Å². The summed E-state index contributed by atoms with van der Waals surface area (Å²) in [6.45, 7) is 4.91. The molecule has 1 aromatic heterocycles. The molecule has 1 saturated heterocycles. The number of nitrogens with one attached hydrogen (secondary N) is 2. The summed E-state index contributed by atoms with van der Waals surface area (Å²) in [5.41, 5.74) is 0.446. The highest BCUT2D eigenvalue weighted by Gasteiger charge is 2.31. The second-order valence-electron chi connectivity index (χ2n) is 7.50. The summed E-state index contributed by atoms with van der Waals surface area (Å²) in [6, 6.07) is 9.12. The summed E-state index contributed by atoms with van der Waals surface area (Å²) in [6.07, 6.45) is 2.39. The molecule has 0 aliphatic carbocycles. The van der Waals surface area contributed by atoms with E-state index in [-0.39, 0.29) is 17.2 Å². The molecule has 1 aliphatic heterocycles. The number of hydrogen-bond acceptors (Lipinski definition) is 5. The van der Waals surface area contributed by atoms with Gasteiger partial charge in [-0.3, -0.25) is 9.59 Å². The molecule has 1 aromatic carbocycles. The second-order valence-corrected chi connectivity index (χ2v) is 9.44. The lowest BCUT2D eigenvalue weighted by atomic mass is 9.94. The van der Waals surface area contributed by atoms with Crippen molar-refractivity contribution < 1.29 is 22.4 Å². The maximum Gasteiger partial charge on any atom is 0.287 e. The van der Waals surface area contributed by atoms with Crippen LogP contribution in [0.5, 0.6) is 0 Å². The molecular formula is C20H25N3O5S. The zero-order valence-electron chi connectivity index (χ0n) is 16.4. The van der Waals surface area contributed by atoms with Gasteiger partial charge in [0.15, 0.2) is 5.76 Å². The van der Waals surface area contributed by atoms with E-state index in [9.17, 15) is 18.0 Å². The SMILES string of the molecule is CC1CC(C)CN(S(=O)(=O)c2ccc(NC(=O)CNC(=O)c3ccco3)cc2)C1. The van der Waals surface area contributed by atoms with Crippen LogP contribution in [0.2, 0.25) is 0 Å². The van der Waals surface area contributed by atoms with E-state index in [1.165, 1.54) is 40.9 Å². The van der Waals surface area contributed by atoms with Crippen molar-refractivity contribution >= 4 is 27.5 Å². The number of furan rings is 1. The molecule has 2 heterocycles. The number of carbonyl (C=O) groups is 2. The molecule has 9 heteroatoms. The van der Waals surface area contributed by atoms with Crippen LogP contribution in [0.25, 0.3) is 0 Å². The predicted octanol–water partition coefficient (Wildman–Crippen LogP) is 2.31. The molecule has 29 heavy (non-hydrogen) atoms. The van der Waals surface area contributed by atoms with E-state index >= 15 is 0 Å². The number of hydrogen-bond donors (Lipinski definition) is 2. The molecular weight excluding hydrogens is 394 g/mol. The highest BCUT2D eigenvalue weighted by Crippen LogP contribution is 2.27. The summed E-state index contributed by atoms with van der Waals surface area (Å²) in [4.78, 5) is 24.0. The molecule has 2 unspecified atom stereocenters. The first-order valence-electron chi connectivity index (χ1n) is 9.47. The molecule has 2 amide bonds. The maximum atomic E-state index is 12.9. The number of piperidine rings is 1. The normalized spacial score (nSPS) is 20.2. The van der Waals surface area contributed by atoms with Crippen LogP contribution < -0.4 is 10.6 Å². The first-order chi connectivity index (χ1) is 13.8. The van der Waals surface area contributed by atoms with Crippen LogP contribution in [0.4, 0.5) is 5.69 Å². The topological polar surface area (TPSA) is 109 Å². The fraction of sp³-hybridized carbons (Fsp3) is 0.400. The van der Waals surface area contributed by atoms with Gasteiger partial charge in [-0.25, -0.2) is 8.42 Å². The van der Waals surface area contributed by atoms with E-state index < -0.39 is 21.8 Å². The number of sulfonamides is 1. The minimum absolute atomic E-state index is 0.119. The average Bonchev–Trinajstić information content (AvgIpc) is 3.21. The van der Waals surface area contributed by atoms with Gasteiger partial charge in [-0.05, 0) is 54.7 Å². The Kier molecular flexibility index (Phi) is 6.39. The van der Waals surface area contributed by atoms with Crippen molar-refractivity contribution in [3.05, 3.63) is 48.4 Å². The highest BCUT2D eigenvalue weighted by molar-refractivity contribution is 7.89. The van der Waals surface area contributed by atoms with Crippen LogP contribution in [-0.2, 0) is 14.8 Å². The van der Waals surface area contributed by atoms with Crippen molar-refractivity contribution in [3.8, 4) is 0 Å². The van der Waals surface area contributed by atoms with Gasteiger partial charge in [0.1, 0.15) is 0 Å². The summed E-state index contributed by atoms with van der Waals surface area (Å²) < 4.78 is 32.2. The number of nitrogens with zero attached hydrogens (tertiary/aromatic N) is 1. The van der Waals surface area contributed by atoms with Crippen LogP contribution >= 0.6 is 0 Å². The highest BCUT2D eigenvalue weighted by atomic mass is 32.2. The van der Waals surface area contributed by atoms with Gasteiger partial charge in [-0.2, -0.15) is 4.31 Å². The first-order valence-corrected chi connectivity index (χ1v) is 10.9. The fourth-order valence-electron chi connectivity index (χ4n) is 3.52. The van der Waals surface area contributed by atoms with Crippen molar-refractivity contribution in [3.63, 3.8) is 0 Å². The summed E-state index contributed by atoms with van der Waals surface area (Å²) in [7, 11) is -3.57. The van der Waals surface area contributed by atoms with Crippen LogP contribution in [0, 0.1) is 11.8 Å². The van der Waals surface area contributed by atoms with Gasteiger partial charge in [0.05, 0.1) is 17.7 Å². The molecule has 156 valence electrons. The Morgan fingerprint density at radius 3 is 2.34 bits per heavy atom. The van der Waals surface area contributed by atoms with Gasteiger partial charge in [0, 0.05) is 18.8 Å². The number of carbonyl (C=O) groups excluding carboxylic acids is 2. The molecule has 3 rings (SSSR count).